The SMILES string of the molecule is O=C(Nc1ccccc1C(=O)N1CCOCC1)c1ccc(Oc2cccc(Br)c2)nc1. The number of benzene rings is 2. The van der Waals surface area contributed by atoms with E-state index in [1.54, 1.807) is 41.3 Å². The maximum atomic E-state index is 12.9. The van der Waals surface area contributed by atoms with Gasteiger partial charge in [0.15, 0.2) is 0 Å². The van der Waals surface area contributed by atoms with Gasteiger partial charge in [0.05, 0.1) is 30.0 Å². The van der Waals surface area contributed by atoms with E-state index >= 15 is 0 Å². The molecule has 1 N–H and O–H groups in total. The first-order valence-corrected chi connectivity index (χ1v) is 10.6. The number of ether oxygens (including phenoxy) is 2. The second-order valence-corrected chi connectivity index (χ2v) is 7.76. The third-order valence-corrected chi connectivity index (χ3v) is 5.21. The zero-order chi connectivity index (χ0) is 21.6. The van der Waals surface area contributed by atoms with Crippen molar-refractivity contribution >= 4 is 33.4 Å². The Balaban J connectivity index is 1.45. The van der Waals surface area contributed by atoms with Crippen molar-refractivity contribution in [2.24, 2.45) is 0 Å². The van der Waals surface area contributed by atoms with Gasteiger partial charge in [-0.15, -0.1) is 0 Å². The molecule has 1 saturated heterocycles. The van der Waals surface area contributed by atoms with Gasteiger partial charge in [0.1, 0.15) is 5.75 Å². The van der Waals surface area contributed by atoms with Crippen LogP contribution in [0.4, 0.5) is 5.69 Å². The van der Waals surface area contributed by atoms with Gasteiger partial charge in [0.25, 0.3) is 11.8 Å². The van der Waals surface area contributed by atoms with Crippen LogP contribution in [-0.4, -0.2) is 48.0 Å². The first-order valence-electron chi connectivity index (χ1n) is 9.77. The lowest BCUT2D eigenvalue weighted by molar-refractivity contribution is 0.0303. The maximum Gasteiger partial charge on any atom is 0.257 e. The zero-order valence-corrected chi connectivity index (χ0v) is 18.2. The van der Waals surface area contributed by atoms with Gasteiger partial charge in [-0.3, -0.25) is 9.59 Å². The summed E-state index contributed by atoms with van der Waals surface area (Å²) < 4.78 is 11.9. The molecule has 0 atom stereocenters. The molecule has 1 aromatic heterocycles. The van der Waals surface area contributed by atoms with Crippen molar-refractivity contribution in [1.29, 1.82) is 0 Å². The molecule has 3 aromatic rings. The lowest BCUT2D eigenvalue weighted by Gasteiger charge is -2.27. The van der Waals surface area contributed by atoms with Crippen LogP contribution in [0.2, 0.25) is 0 Å². The first-order chi connectivity index (χ1) is 15.1. The highest BCUT2D eigenvalue weighted by atomic mass is 79.9. The van der Waals surface area contributed by atoms with Crippen LogP contribution in [-0.2, 0) is 4.74 Å². The summed E-state index contributed by atoms with van der Waals surface area (Å²) >= 11 is 3.39. The number of morpholine rings is 1. The number of halogens is 1. The monoisotopic (exact) mass is 481 g/mol. The van der Waals surface area contributed by atoms with E-state index in [0.29, 0.717) is 54.7 Å². The standard InChI is InChI=1S/C23H20BrN3O4/c24-17-4-3-5-18(14-17)31-21-9-8-16(15-25-21)22(28)26-20-7-2-1-6-19(20)23(29)27-10-12-30-13-11-27/h1-9,14-15H,10-13H2,(H,26,28). The van der Waals surface area contributed by atoms with Gasteiger partial charge in [-0.05, 0) is 36.4 Å². The number of nitrogens with one attached hydrogen (secondary N) is 1. The summed E-state index contributed by atoms with van der Waals surface area (Å²) in [4.78, 5) is 31.5. The van der Waals surface area contributed by atoms with E-state index in [2.05, 4.69) is 26.2 Å². The second-order valence-electron chi connectivity index (χ2n) is 6.85. The molecule has 0 saturated carbocycles. The Labute approximate surface area is 188 Å². The number of carbonyl (C=O) groups excluding carboxylic acids is 2. The molecule has 0 radical (unpaired) electrons. The van der Waals surface area contributed by atoms with Crippen molar-refractivity contribution in [3.05, 3.63) is 82.5 Å². The maximum absolute atomic E-state index is 12.9. The highest BCUT2D eigenvalue weighted by Gasteiger charge is 2.21. The van der Waals surface area contributed by atoms with Crippen molar-refractivity contribution in [2.75, 3.05) is 31.6 Å². The van der Waals surface area contributed by atoms with Crippen molar-refractivity contribution in [3.63, 3.8) is 0 Å². The van der Waals surface area contributed by atoms with Crippen LogP contribution in [0, 0.1) is 0 Å². The van der Waals surface area contributed by atoms with Crippen molar-refractivity contribution < 1.29 is 19.1 Å². The van der Waals surface area contributed by atoms with E-state index < -0.39 is 0 Å². The summed E-state index contributed by atoms with van der Waals surface area (Å²) in [7, 11) is 0. The highest BCUT2D eigenvalue weighted by Crippen LogP contribution is 2.23. The molecular formula is C23H20BrN3O4. The van der Waals surface area contributed by atoms with Gasteiger partial charge >= 0.3 is 0 Å². The lowest BCUT2D eigenvalue weighted by atomic mass is 10.1. The van der Waals surface area contributed by atoms with Gasteiger partial charge in [0.2, 0.25) is 5.88 Å². The van der Waals surface area contributed by atoms with Crippen LogP contribution in [0.3, 0.4) is 0 Å². The van der Waals surface area contributed by atoms with Crippen LogP contribution < -0.4 is 10.1 Å². The molecular weight excluding hydrogens is 462 g/mol. The lowest BCUT2D eigenvalue weighted by Crippen LogP contribution is -2.41. The summed E-state index contributed by atoms with van der Waals surface area (Å²) in [5.41, 5.74) is 1.26. The van der Waals surface area contributed by atoms with Crippen LogP contribution in [0.1, 0.15) is 20.7 Å². The number of aromatic nitrogens is 1. The average molecular weight is 482 g/mol. The largest absolute Gasteiger partial charge is 0.439 e. The third-order valence-electron chi connectivity index (χ3n) is 4.72. The first kappa shape index (κ1) is 21.0. The Kier molecular flexibility index (Phi) is 6.59. The normalized spacial score (nSPS) is 13.5. The molecule has 2 amide bonds. The van der Waals surface area contributed by atoms with E-state index in [9.17, 15) is 9.59 Å². The molecule has 0 aliphatic carbocycles. The fraction of sp³-hybridized carbons (Fsp3) is 0.174. The van der Waals surface area contributed by atoms with E-state index in [1.165, 1.54) is 6.20 Å². The van der Waals surface area contributed by atoms with Gasteiger partial charge in [-0.25, -0.2) is 4.98 Å². The number of hydrogen-bond acceptors (Lipinski definition) is 5. The number of nitrogens with zero attached hydrogens (tertiary/aromatic N) is 2. The quantitative estimate of drug-likeness (QED) is 0.585. The summed E-state index contributed by atoms with van der Waals surface area (Å²) in [6.45, 7) is 2.09. The number of carbonyl (C=O) groups is 2. The minimum absolute atomic E-state index is 0.130. The number of anilines is 1. The van der Waals surface area contributed by atoms with Crippen LogP contribution in [0.5, 0.6) is 11.6 Å². The molecule has 1 fully saturated rings. The Hall–Kier alpha value is -3.23. The Morgan fingerprint density at radius 3 is 2.58 bits per heavy atom. The van der Waals surface area contributed by atoms with Crippen LogP contribution in [0.15, 0.2) is 71.3 Å². The second kappa shape index (κ2) is 9.72. The molecule has 2 heterocycles. The molecule has 31 heavy (non-hydrogen) atoms. The van der Waals surface area contributed by atoms with Gasteiger partial charge < -0.3 is 19.7 Å². The number of hydrogen-bond donors (Lipinski definition) is 1. The molecule has 0 bridgehead atoms. The highest BCUT2D eigenvalue weighted by molar-refractivity contribution is 9.10. The number of rotatable bonds is 5. The molecule has 0 spiro atoms. The summed E-state index contributed by atoms with van der Waals surface area (Å²) in [6, 6.07) is 17.6. The van der Waals surface area contributed by atoms with Gasteiger partial charge in [0, 0.05) is 29.8 Å². The predicted octanol–water partition coefficient (Wildman–Crippen LogP) is 4.36. The zero-order valence-electron chi connectivity index (χ0n) is 16.6. The van der Waals surface area contributed by atoms with Crippen molar-refractivity contribution in [3.8, 4) is 11.6 Å². The Morgan fingerprint density at radius 1 is 1.03 bits per heavy atom. The smallest absolute Gasteiger partial charge is 0.257 e. The minimum atomic E-state index is -0.358. The van der Waals surface area contributed by atoms with Crippen molar-refractivity contribution in [1.82, 2.24) is 9.88 Å². The number of pyridine rings is 1. The van der Waals surface area contributed by atoms with Crippen molar-refractivity contribution in [2.45, 2.75) is 0 Å². The van der Waals surface area contributed by atoms with Gasteiger partial charge in [-0.2, -0.15) is 0 Å². The summed E-state index contributed by atoms with van der Waals surface area (Å²) in [5, 5.41) is 2.82. The van der Waals surface area contributed by atoms with Crippen LogP contribution >= 0.6 is 15.9 Å². The molecule has 2 aromatic carbocycles. The van der Waals surface area contributed by atoms with Gasteiger partial charge in [-0.1, -0.05) is 34.1 Å². The summed E-state index contributed by atoms with van der Waals surface area (Å²) in [6.07, 6.45) is 1.44. The Bertz CT molecular complexity index is 1080. The third kappa shape index (κ3) is 5.28. The molecule has 7 nitrogen and oxygen atoms in total. The van der Waals surface area contributed by atoms with E-state index in [1.807, 2.05) is 24.3 Å². The fourth-order valence-corrected chi connectivity index (χ4v) is 3.51. The summed E-state index contributed by atoms with van der Waals surface area (Å²) in [5.74, 6) is 0.519. The minimum Gasteiger partial charge on any atom is -0.439 e. The molecule has 0 unspecified atom stereocenters. The average Bonchev–Trinajstić information content (AvgIpc) is 2.80. The molecule has 1 aliphatic heterocycles. The van der Waals surface area contributed by atoms with Crippen LogP contribution in [0.25, 0.3) is 0 Å². The van der Waals surface area contributed by atoms with E-state index in [-0.39, 0.29) is 11.8 Å². The topological polar surface area (TPSA) is 80.8 Å². The molecule has 158 valence electrons. The number of para-hydroxylation sites is 1. The molecule has 4 rings (SSSR count). The van der Waals surface area contributed by atoms with E-state index in [0.717, 1.165) is 4.47 Å². The predicted molar refractivity (Wildman–Crippen MR) is 120 cm³/mol. The fourth-order valence-electron chi connectivity index (χ4n) is 3.14. The number of amides is 2. The molecule has 8 heteroatoms. The van der Waals surface area contributed by atoms with E-state index in [4.69, 9.17) is 9.47 Å². The molecule has 1 aliphatic rings. The Morgan fingerprint density at radius 2 is 1.84 bits per heavy atom.